The summed E-state index contributed by atoms with van der Waals surface area (Å²) in [7, 11) is 0. The quantitative estimate of drug-likeness (QED) is 0.194. The van der Waals surface area contributed by atoms with Gasteiger partial charge in [-0.3, -0.25) is 0 Å². The molecule has 4 aromatic carbocycles. The van der Waals surface area contributed by atoms with Gasteiger partial charge in [-0.25, -0.2) is 8.78 Å². The first-order valence-corrected chi connectivity index (χ1v) is 11.8. The number of unbranched alkanes of at least 4 members (excludes halogenated alkanes) is 2. The smallest absolute Gasteiger partial charge is 0.159 e. The van der Waals surface area contributed by atoms with Crippen molar-refractivity contribution in [2.24, 2.45) is 0 Å². The summed E-state index contributed by atoms with van der Waals surface area (Å²) in [6.45, 7) is 2.97. The molecule has 172 valence electrons. The molecule has 0 aliphatic rings. The molecule has 0 saturated carbocycles. The Bertz CT molecular complexity index is 1300. The van der Waals surface area contributed by atoms with Crippen LogP contribution >= 0.6 is 0 Å². The summed E-state index contributed by atoms with van der Waals surface area (Å²) in [6, 6.07) is 24.4. The second-order valence-corrected chi connectivity index (χ2v) is 8.47. The molecule has 1 nitrogen and oxygen atoms in total. The minimum atomic E-state index is -0.847. The van der Waals surface area contributed by atoms with Crippen molar-refractivity contribution >= 4 is 10.8 Å². The fourth-order valence-electron chi connectivity index (χ4n) is 3.80. The third-order valence-corrected chi connectivity index (χ3v) is 5.83. The second-order valence-electron chi connectivity index (χ2n) is 8.47. The molecule has 0 N–H and O–H groups in total. The van der Waals surface area contributed by atoms with Gasteiger partial charge in [0.2, 0.25) is 0 Å². The molecule has 0 unspecified atom stereocenters. The van der Waals surface area contributed by atoms with Crippen LogP contribution in [0, 0.1) is 23.5 Å². The molecule has 3 heteroatoms. The van der Waals surface area contributed by atoms with Gasteiger partial charge in [-0.2, -0.15) is 0 Å². The van der Waals surface area contributed by atoms with E-state index in [1.54, 1.807) is 12.1 Å². The van der Waals surface area contributed by atoms with Crippen LogP contribution in [0.2, 0.25) is 0 Å². The number of hydrogen-bond acceptors (Lipinski definition) is 1. The lowest BCUT2D eigenvalue weighted by molar-refractivity contribution is 0.306. The van der Waals surface area contributed by atoms with Crippen LogP contribution in [-0.4, -0.2) is 6.61 Å². The Labute approximate surface area is 200 Å². The van der Waals surface area contributed by atoms with Crippen molar-refractivity contribution < 1.29 is 13.5 Å². The van der Waals surface area contributed by atoms with Crippen molar-refractivity contribution in [1.29, 1.82) is 0 Å². The molecule has 0 saturated heterocycles. The standard InChI is InChI=1S/C31H28F2O/c1-2-3-4-19-34-29-17-14-25(15-18-29)10-9-23-5-7-24(8-6-23)11-12-26-13-16-27-21-30(32)31(33)22-28(27)20-26/h5-8,13-18,20-22H,2-4,9-10,19H2,1H3. The van der Waals surface area contributed by atoms with Gasteiger partial charge in [0.1, 0.15) is 5.75 Å². The molecule has 4 aromatic rings. The third-order valence-electron chi connectivity index (χ3n) is 5.83. The van der Waals surface area contributed by atoms with Gasteiger partial charge in [0.05, 0.1) is 6.61 Å². The fourth-order valence-corrected chi connectivity index (χ4v) is 3.80. The minimum absolute atomic E-state index is 0.636. The maximum absolute atomic E-state index is 13.5. The number of fused-ring (bicyclic) bond motifs is 1. The van der Waals surface area contributed by atoms with Crippen LogP contribution in [0.4, 0.5) is 8.78 Å². The van der Waals surface area contributed by atoms with E-state index in [-0.39, 0.29) is 0 Å². The molecular weight excluding hydrogens is 426 g/mol. The van der Waals surface area contributed by atoms with E-state index in [0.29, 0.717) is 10.8 Å². The Morgan fingerprint density at radius 3 is 1.91 bits per heavy atom. The molecule has 0 atom stereocenters. The third kappa shape index (κ3) is 6.45. The first-order chi connectivity index (χ1) is 16.6. The predicted molar refractivity (Wildman–Crippen MR) is 135 cm³/mol. The van der Waals surface area contributed by atoms with Crippen LogP contribution in [0.3, 0.4) is 0 Å². The Hall–Kier alpha value is -3.64. The first-order valence-electron chi connectivity index (χ1n) is 11.8. The summed E-state index contributed by atoms with van der Waals surface area (Å²) < 4.78 is 32.7. The normalized spacial score (nSPS) is 10.7. The molecule has 0 heterocycles. The van der Waals surface area contributed by atoms with Gasteiger partial charge >= 0.3 is 0 Å². The summed E-state index contributed by atoms with van der Waals surface area (Å²) in [6.07, 6.45) is 5.43. The van der Waals surface area contributed by atoms with E-state index in [2.05, 4.69) is 55.2 Å². The molecule has 0 spiro atoms. The van der Waals surface area contributed by atoms with Crippen molar-refractivity contribution in [3.05, 3.63) is 113 Å². The number of benzene rings is 4. The number of aryl methyl sites for hydroxylation is 2. The van der Waals surface area contributed by atoms with Gasteiger partial charge in [0, 0.05) is 11.1 Å². The average molecular weight is 455 g/mol. The van der Waals surface area contributed by atoms with E-state index in [0.717, 1.165) is 42.7 Å². The van der Waals surface area contributed by atoms with Crippen LogP contribution in [0.1, 0.15) is 48.4 Å². The SMILES string of the molecule is CCCCCOc1ccc(CCc2ccc(C#Cc3ccc4cc(F)c(F)cc4c3)cc2)cc1. The average Bonchev–Trinajstić information content (AvgIpc) is 2.86. The monoisotopic (exact) mass is 454 g/mol. The highest BCUT2D eigenvalue weighted by molar-refractivity contribution is 5.84. The molecule has 4 rings (SSSR count). The molecule has 0 fully saturated rings. The zero-order valence-electron chi connectivity index (χ0n) is 19.4. The number of hydrogen-bond donors (Lipinski definition) is 0. The van der Waals surface area contributed by atoms with E-state index in [9.17, 15) is 8.78 Å². The molecule has 0 bridgehead atoms. The maximum Gasteiger partial charge on any atom is 0.159 e. The Balaban J connectivity index is 1.32. The zero-order chi connectivity index (χ0) is 23.8. The van der Waals surface area contributed by atoms with Gasteiger partial charge in [0.15, 0.2) is 11.6 Å². The molecule has 0 radical (unpaired) electrons. The Morgan fingerprint density at radius 1 is 0.647 bits per heavy atom. The number of halogens is 2. The van der Waals surface area contributed by atoms with Crippen LogP contribution in [0.15, 0.2) is 78.9 Å². The van der Waals surface area contributed by atoms with E-state index < -0.39 is 11.6 Å². The molecule has 34 heavy (non-hydrogen) atoms. The number of rotatable bonds is 8. The predicted octanol–water partition coefficient (Wildman–Crippen LogP) is 7.87. The van der Waals surface area contributed by atoms with Crippen molar-refractivity contribution in [1.82, 2.24) is 0 Å². The van der Waals surface area contributed by atoms with Crippen LogP contribution in [-0.2, 0) is 12.8 Å². The highest BCUT2D eigenvalue weighted by Crippen LogP contribution is 2.20. The van der Waals surface area contributed by atoms with Gasteiger partial charge < -0.3 is 4.74 Å². The van der Waals surface area contributed by atoms with E-state index in [1.165, 1.54) is 36.1 Å². The Kier molecular flexibility index (Phi) is 7.94. The van der Waals surface area contributed by atoms with Crippen molar-refractivity contribution in [3.63, 3.8) is 0 Å². The highest BCUT2D eigenvalue weighted by Gasteiger charge is 2.04. The Morgan fingerprint density at radius 2 is 1.24 bits per heavy atom. The van der Waals surface area contributed by atoms with E-state index >= 15 is 0 Å². The minimum Gasteiger partial charge on any atom is -0.494 e. The zero-order valence-corrected chi connectivity index (χ0v) is 19.4. The highest BCUT2D eigenvalue weighted by atomic mass is 19.2. The van der Waals surface area contributed by atoms with Crippen LogP contribution < -0.4 is 4.74 Å². The topological polar surface area (TPSA) is 9.23 Å². The summed E-state index contributed by atoms with van der Waals surface area (Å²) in [4.78, 5) is 0. The van der Waals surface area contributed by atoms with Gasteiger partial charge in [-0.05, 0) is 89.7 Å². The second kappa shape index (κ2) is 11.5. The first kappa shape index (κ1) is 23.5. The lowest BCUT2D eigenvalue weighted by atomic mass is 10.0. The lowest BCUT2D eigenvalue weighted by Gasteiger charge is -2.07. The molecule has 0 amide bonds. The summed E-state index contributed by atoms with van der Waals surface area (Å²) in [5.74, 6) is 5.52. The van der Waals surface area contributed by atoms with Crippen molar-refractivity contribution in [2.75, 3.05) is 6.61 Å². The maximum atomic E-state index is 13.5. The lowest BCUT2D eigenvalue weighted by Crippen LogP contribution is -1.97. The molecule has 0 aliphatic heterocycles. The van der Waals surface area contributed by atoms with Crippen molar-refractivity contribution in [3.8, 4) is 17.6 Å². The molecule has 0 aliphatic carbocycles. The largest absolute Gasteiger partial charge is 0.494 e. The summed E-state index contributed by atoms with van der Waals surface area (Å²) in [5.41, 5.74) is 4.23. The number of ether oxygens (including phenoxy) is 1. The summed E-state index contributed by atoms with van der Waals surface area (Å²) >= 11 is 0. The van der Waals surface area contributed by atoms with E-state index in [1.807, 2.05) is 18.2 Å². The van der Waals surface area contributed by atoms with E-state index in [4.69, 9.17) is 4.74 Å². The molecule has 0 aromatic heterocycles. The molecular formula is C31H28F2O. The summed E-state index contributed by atoms with van der Waals surface area (Å²) in [5, 5.41) is 1.29. The van der Waals surface area contributed by atoms with Gasteiger partial charge in [0.25, 0.3) is 0 Å². The van der Waals surface area contributed by atoms with Crippen LogP contribution in [0.5, 0.6) is 5.75 Å². The fraction of sp³-hybridized carbons (Fsp3) is 0.226. The van der Waals surface area contributed by atoms with Gasteiger partial charge in [-0.1, -0.05) is 61.9 Å². The van der Waals surface area contributed by atoms with Gasteiger partial charge in [-0.15, -0.1) is 0 Å². The van der Waals surface area contributed by atoms with Crippen LogP contribution in [0.25, 0.3) is 10.8 Å². The van der Waals surface area contributed by atoms with Crippen molar-refractivity contribution in [2.45, 2.75) is 39.0 Å².